The maximum absolute atomic E-state index is 13.2. The molecular formula is C20H31N5O5. The predicted octanol–water partition coefficient (Wildman–Crippen LogP) is 0.814. The van der Waals surface area contributed by atoms with E-state index in [0.717, 1.165) is 25.1 Å². The Labute approximate surface area is 176 Å². The molecule has 10 nitrogen and oxygen atoms in total. The smallest absolute Gasteiger partial charge is 0.406 e. The number of amides is 2. The van der Waals surface area contributed by atoms with E-state index in [9.17, 15) is 9.59 Å². The Balaban J connectivity index is 1.71. The molecule has 1 aliphatic carbocycles. The van der Waals surface area contributed by atoms with E-state index < -0.39 is 12.2 Å². The van der Waals surface area contributed by atoms with Crippen molar-refractivity contribution in [1.29, 1.82) is 0 Å². The molecule has 1 aromatic heterocycles. The van der Waals surface area contributed by atoms with Gasteiger partial charge in [0.15, 0.2) is 0 Å². The predicted molar refractivity (Wildman–Crippen MR) is 108 cm³/mol. The number of aryl methyl sites for hydroxylation is 1. The first kappa shape index (κ1) is 22.2. The van der Waals surface area contributed by atoms with Gasteiger partial charge in [0.1, 0.15) is 11.9 Å². The van der Waals surface area contributed by atoms with E-state index in [-0.39, 0.29) is 18.0 Å². The van der Waals surface area contributed by atoms with Crippen molar-refractivity contribution >= 4 is 12.0 Å². The summed E-state index contributed by atoms with van der Waals surface area (Å²) in [5, 5.41) is 5.86. The monoisotopic (exact) mass is 421 g/mol. The summed E-state index contributed by atoms with van der Waals surface area (Å²) in [6.45, 7) is 4.27. The van der Waals surface area contributed by atoms with Crippen molar-refractivity contribution in [3.05, 3.63) is 17.6 Å². The second-order valence-corrected chi connectivity index (χ2v) is 7.49. The quantitative estimate of drug-likeness (QED) is 0.563. The molecule has 0 aromatic carbocycles. The third kappa shape index (κ3) is 5.79. The number of nitrogens with zero attached hydrogens (tertiary/aromatic N) is 3. The number of carbonyl (C=O) groups excluding carboxylic acids is 2. The molecule has 0 unspecified atom stereocenters. The number of morpholine rings is 1. The number of methoxy groups -OCH3 is 2. The molecule has 1 saturated heterocycles. The molecule has 10 heteroatoms. The molecule has 2 fully saturated rings. The van der Waals surface area contributed by atoms with Crippen LogP contribution in [-0.2, 0) is 20.7 Å². The summed E-state index contributed by atoms with van der Waals surface area (Å²) < 4.78 is 15.6. The molecular weight excluding hydrogens is 390 g/mol. The summed E-state index contributed by atoms with van der Waals surface area (Å²) in [6, 6.07) is 1.77. The van der Waals surface area contributed by atoms with Crippen LogP contribution in [0.2, 0.25) is 0 Å². The van der Waals surface area contributed by atoms with E-state index in [1.807, 2.05) is 11.8 Å². The zero-order chi connectivity index (χ0) is 21.5. The van der Waals surface area contributed by atoms with Crippen molar-refractivity contribution in [2.24, 2.45) is 0 Å². The van der Waals surface area contributed by atoms with Crippen LogP contribution in [0.1, 0.15) is 43.7 Å². The fourth-order valence-electron chi connectivity index (χ4n) is 3.50. The molecule has 2 N–H and O–H groups in total. The molecule has 2 atom stereocenters. The van der Waals surface area contributed by atoms with E-state index in [2.05, 4.69) is 20.4 Å². The van der Waals surface area contributed by atoms with E-state index in [1.54, 1.807) is 13.2 Å². The summed E-state index contributed by atoms with van der Waals surface area (Å²) in [5.74, 6) is 1.07. The summed E-state index contributed by atoms with van der Waals surface area (Å²) in [6.07, 6.45) is 2.27. The van der Waals surface area contributed by atoms with Gasteiger partial charge in [-0.3, -0.25) is 4.79 Å². The zero-order valence-electron chi connectivity index (χ0n) is 17.8. The van der Waals surface area contributed by atoms with Gasteiger partial charge in [0.05, 0.1) is 32.6 Å². The van der Waals surface area contributed by atoms with E-state index in [4.69, 9.17) is 14.5 Å². The molecule has 3 rings (SSSR count). The second kappa shape index (κ2) is 10.5. The van der Waals surface area contributed by atoms with Crippen LogP contribution in [0, 0.1) is 0 Å². The first-order chi connectivity index (χ1) is 14.5. The van der Waals surface area contributed by atoms with Crippen molar-refractivity contribution in [2.45, 2.75) is 50.8 Å². The lowest BCUT2D eigenvalue weighted by molar-refractivity contribution is -0.148. The summed E-state index contributed by atoms with van der Waals surface area (Å²) in [4.78, 5) is 35.3. The van der Waals surface area contributed by atoms with Gasteiger partial charge >= 0.3 is 6.09 Å². The number of ether oxygens (including phenoxy) is 3. The summed E-state index contributed by atoms with van der Waals surface area (Å²) >= 11 is 0. The second-order valence-electron chi connectivity index (χ2n) is 7.49. The highest BCUT2D eigenvalue weighted by atomic mass is 16.5. The molecule has 1 saturated carbocycles. The Bertz CT molecular complexity index is 736. The van der Waals surface area contributed by atoms with Crippen molar-refractivity contribution in [2.75, 3.05) is 40.5 Å². The van der Waals surface area contributed by atoms with Crippen LogP contribution in [0.25, 0.3) is 0 Å². The minimum absolute atomic E-state index is 0.00129. The van der Waals surface area contributed by atoms with Crippen molar-refractivity contribution in [3.8, 4) is 5.88 Å². The van der Waals surface area contributed by atoms with E-state index in [0.29, 0.717) is 44.2 Å². The number of carbonyl (C=O) groups is 2. The first-order valence-corrected chi connectivity index (χ1v) is 10.4. The van der Waals surface area contributed by atoms with Gasteiger partial charge in [0, 0.05) is 38.2 Å². The van der Waals surface area contributed by atoms with Crippen LogP contribution < -0.4 is 15.4 Å². The molecule has 0 bridgehead atoms. The Kier molecular flexibility index (Phi) is 7.81. The topological polar surface area (TPSA) is 115 Å². The number of rotatable bonds is 9. The number of hydrogen-bond acceptors (Lipinski definition) is 8. The van der Waals surface area contributed by atoms with Crippen molar-refractivity contribution in [3.63, 3.8) is 0 Å². The number of alkyl carbamates (subject to hydrolysis) is 1. The number of aromatic nitrogens is 2. The average Bonchev–Trinajstić information content (AvgIpc) is 3.61. The summed E-state index contributed by atoms with van der Waals surface area (Å²) in [7, 11) is 2.89. The van der Waals surface area contributed by atoms with Crippen molar-refractivity contribution in [1.82, 2.24) is 25.5 Å². The van der Waals surface area contributed by atoms with Gasteiger partial charge in [0.2, 0.25) is 5.88 Å². The molecule has 1 aliphatic heterocycles. The number of hydrogen-bond donors (Lipinski definition) is 2. The Morgan fingerprint density at radius 1 is 1.37 bits per heavy atom. The van der Waals surface area contributed by atoms with Crippen LogP contribution in [0.5, 0.6) is 5.88 Å². The average molecular weight is 421 g/mol. The first-order valence-electron chi connectivity index (χ1n) is 10.4. The zero-order valence-corrected chi connectivity index (χ0v) is 17.8. The molecule has 166 valence electrons. The molecule has 2 amide bonds. The molecule has 2 heterocycles. The van der Waals surface area contributed by atoms with Gasteiger partial charge in [-0.05, 0) is 26.2 Å². The maximum atomic E-state index is 13.2. The van der Waals surface area contributed by atoms with Crippen LogP contribution in [0.4, 0.5) is 4.79 Å². The number of nitrogens with one attached hydrogen (secondary N) is 2. The van der Waals surface area contributed by atoms with Gasteiger partial charge in [-0.25, -0.2) is 9.78 Å². The molecule has 2 aliphatic rings. The molecule has 0 spiro atoms. The third-order valence-corrected chi connectivity index (χ3v) is 5.25. The molecule has 0 radical (unpaired) electrons. The fourth-order valence-corrected chi connectivity index (χ4v) is 3.50. The minimum Gasteiger partial charge on any atom is -0.481 e. The Morgan fingerprint density at radius 2 is 2.17 bits per heavy atom. The highest BCUT2D eigenvalue weighted by molar-refractivity contribution is 5.82. The fraction of sp³-hybridized carbons (Fsp3) is 0.700. The van der Waals surface area contributed by atoms with Gasteiger partial charge in [-0.2, -0.15) is 4.98 Å². The SMILES string of the molecule is COC(=O)NCCCc1nc(OC)cc([C@@H](C)N(C(=O)[C@H]2CNCCO2)C2CC2)n1. The minimum atomic E-state index is -0.464. The lowest BCUT2D eigenvalue weighted by atomic mass is 10.1. The van der Waals surface area contributed by atoms with Crippen LogP contribution in [0.3, 0.4) is 0 Å². The third-order valence-electron chi connectivity index (χ3n) is 5.25. The maximum Gasteiger partial charge on any atom is 0.406 e. The van der Waals surface area contributed by atoms with E-state index >= 15 is 0 Å². The van der Waals surface area contributed by atoms with Gasteiger partial charge < -0.3 is 29.7 Å². The summed E-state index contributed by atoms with van der Waals surface area (Å²) in [5.41, 5.74) is 0.738. The molecule has 30 heavy (non-hydrogen) atoms. The lowest BCUT2D eigenvalue weighted by Gasteiger charge is -2.34. The molecule has 1 aromatic rings. The Hall–Kier alpha value is -2.46. The van der Waals surface area contributed by atoms with E-state index in [1.165, 1.54) is 7.11 Å². The van der Waals surface area contributed by atoms with Crippen molar-refractivity contribution < 1.29 is 23.8 Å². The van der Waals surface area contributed by atoms with Crippen LogP contribution in [0.15, 0.2) is 6.07 Å². The normalized spacial score (nSPS) is 19.6. The van der Waals surface area contributed by atoms with Gasteiger partial charge in [-0.1, -0.05) is 0 Å². The highest BCUT2D eigenvalue weighted by Gasteiger charge is 2.40. The van der Waals surface area contributed by atoms with Gasteiger partial charge in [-0.15, -0.1) is 0 Å². The largest absolute Gasteiger partial charge is 0.481 e. The van der Waals surface area contributed by atoms with Gasteiger partial charge in [0.25, 0.3) is 5.91 Å². The van der Waals surface area contributed by atoms with Crippen LogP contribution >= 0.6 is 0 Å². The lowest BCUT2D eigenvalue weighted by Crippen LogP contribution is -2.50. The van der Waals surface area contributed by atoms with Crippen LogP contribution in [-0.4, -0.2) is 79.5 Å². The highest BCUT2D eigenvalue weighted by Crippen LogP contribution is 2.35. The Morgan fingerprint density at radius 3 is 2.80 bits per heavy atom. The standard InChI is InChI=1S/C20H31N5O5/c1-13(25(14-6-7-14)19(26)16-12-21-9-10-30-16)15-11-18(28-2)24-17(23-15)5-4-8-22-20(27)29-3/h11,13-14,16,21H,4-10,12H2,1-3H3,(H,22,27)/t13-,16-/m1/s1.